The normalized spacial score (nSPS) is 21.9. The van der Waals surface area contributed by atoms with Crippen LogP contribution in [0.5, 0.6) is 0 Å². The second kappa shape index (κ2) is 7.66. The molecule has 1 saturated carbocycles. The van der Waals surface area contributed by atoms with Gasteiger partial charge in [0.25, 0.3) is 0 Å². The van der Waals surface area contributed by atoms with Crippen molar-refractivity contribution in [3.8, 4) is 0 Å². The number of anilines is 2. The maximum atomic E-state index is 5.45. The molecule has 1 aliphatic carbocycles. The van der Waals surface area contributed by atoms with E-state index < -0.39 is 0 Å². The van der Waals surface area contributed by atoms with Crippen molar-refractivity contribution in [3.63, 3.8) is 0 Å². The van der Waals surface area contributed by atoms with Gasteiger partial charge in [-0.25, -0.2) is 15.8 Å². The van der Waals surface area contributed by atoms with Gasteiger partial charge >= 0.3 is 0 Å². The Morgan fingerprint density at radius 3 is 2.90 bits per heavy atom. The molecule has 4 N–H and O–H groups in total. The summed E-state index contributed by atoms with van der Waals surface area (Å²) in [6.07, 6.45) is 3.73. The van der Waals surface area contributed by atoms with E-state index in [1.807, 2.05) is 17.8 Å². The minimum Gasteiger partial charge on any atom is -0.377 e. The number of nitrogens with two attached hydrogens (primary N) is 1. The summed E-state index contributed by atoms with van der Waals surface area (Å²) in [7, 11) is 1.63. The molecule has 2 rings (SSSR count). The second-order valence-electron chi connectivity index (χ2n) is 4.81. The van der Waals surface area contributed by atoms with Crippen LogP contribution in [0.4, 0.5) is 11.6 Å². The number of methoxy groups -OCH3 is 1. The van der Waals surface area contributed by atoms with E-state index in [0.717, 1.165) is 11.6 Å². The number of hydrazine groups is 1. The van der Waals surface area contributed by atoms with Crippen molar-refractivity contribution < 1.29 is 4.74 Å². The van der Waals surface area contributed by atoms with Crippen LogP contribution in [-0.2, 0) is 11.3 Å². The molecule has 1 aromatic heterocycles. The van der Waals surface area contributed by atoms with Crippen LogP contribution in [0.1, 0.15) is 32.0 Å². The Kier molecular flexibility index (Phi) is 5.87. The fourth-order valence-electron chi connectivity index (χ4n) is 2.53. The molecule has 1 aliphatic rings. The van der Waals surface area contributed by atoms with Gasteiger partial charge < -0.3 is 15.5 Å². The highest BCUT2D eigenvalue weighted by Gasteiger charge is 2.27. The van der Waals surface area contributed by atoms with E-state index >= 15 is 0 Å². The third-order valence-electron chi connectivity index (χ3n) is 3.36. The van der Waals surface area contributed by atoms with Crippen molar-refractivity contribution in [2.24, 2.45) is 5.84 Å². The summed E-state index contributed by atoms with van der Waals surface area (Å²) >= 11 is 2.02. The molecule has 6 nitrogen and oxygen atoms in total. The van der Waals surface area contributed by atoms with Gasteiger partial charge in [0.2, 0.25) is 0 Å². The van der Waals surface area contributed by atoms with Crippen molar-refractivity contribution >= 4 is 23.4 Å². The van der Waals surface area contributed by atoms with Crippen molar-refractivity contribution in [1.29, 1.82) is 0 Å². The topological polar surface area (TPSA) is 85.1 Å². The molecule has 1 heterocycles. The first-order valence-electron chi connectivity index (χ1n) is 6.98. The highest BCUT2D eigenvalue weighted by Crippen LogP contribution is 2.32. The van der Waals surface area contributed by atoms with Gasteiger partial charge in [-0.1, -0.05) is 13.3 Å². The molecule has 0 amide bonds. The predicted molar refractivity (Wildman–Crippen MR) is 83.7 cm³/mol. The summed E-state index contributed by atoms with van der Waals surface area (Å²) in [6, 6.07) is 2.31. The van der Waals surface area contributed by atoms with Crippen LogP contribution in [0.3, 0.4) is 0 Å². The van der Waals surface area contributed by atoms with Gasteiger partial charge in [0.05, 0.1) is 0 Å². The lowest BCUT2D eigenvalue weighted by Crippen LogP contribution is -2.27. The Morgan fingerprint density at radius 1 is 1.40 bits per heavy atom. The molecule has 112 valence electrons. The minimum absolute atomic E-state index is 0.377. The first-order valence-corrected chi connectivity index (χ1v) is 8.03. The number of aromatic nitrogens is 2. The summed E-state index contributed by atoms with van der Waals surface area (Å²) in [4.78, 5) is 8.73. The lowest BCUT2D eigenvalue weighted by atomic mass is 10.2. The molecule has 1 aromatic rings. The second-order valence-corrected chi connectivity index (χ2v) is 6.32. The van der Waals surface area contributed by atoms with Crippen molar-refractivity contribution in [3.05, 3.63) is 11.9 Å². The van der Waals surface area contributed by atoms with E-state index in [4.69, 9.17) is 10.6 Å². The van der Waals surface area contributed by atoms with E-state index in [1.165, 1.54) is 19.3 Å². The first kappa shape index (κ1) is 15.3. The molecule has 0 radical (unpaired) electrons. The van der Waals surface area contributed by atoms with E-state index in [2.05, 4.69) is 27.6 Å². The fourth-order valence-corrected chi connectivity index (χ4v) is 3.73. The van der Waals surface area contributed by atoms with Crippen LogP contribution in [0.2, 0.25) is 0 Å². The van der Waals surface area contributed by atoms with Gasteiger partial charge in [-0.2, -0.15) is 11.8 Å². The van der Waals surface area contributed by atoms with Crippen LogP contribution in [0.25, 0.3) is 0 Å². The number of nitrogens with one attached hydrogen (secondary N) is 2. The fraction of sp³-hybridized carbons (Fsp3) is 0.692. The highest BCUT2D eigenvalue weighted by atomic mass is 32.2. The Bertz CT molecular complexity index is 431. The number of nitrogen functional groups attached to an aromatic ring is 1. The summed E-state index contributed by atoms with van der Waals surface area (Å²) in [5.41, 5.74) is 2.58. The van der Waals surface area contributed by atoms with E-state index in [-0.39, 0.29) is 0 Å². The zero-order valence-corrected chi connectivity index (χ0v) is 12.9. The lowest BCUT2D eigenvalue weighted by Gasteiger charge is -2.21. The SMILES string of the molecule is CCSC1CCCC1Nc1cc(NN)nc(COC)n1. The largest absolute Gasteiger partial charge is 0.377 e. The van der Waals surface area contributed by atoms with E-state index in [9.17, 15) is 0 Å². The van der Waals surface area contributed by atoms with Gasteiger partial charge in [0.1, 0.15) is 18.2 Å². The van der Waals surface area contributed by atoms with Gasteiger partial charge in [-0.15, -0.1) is 0 Å². The lowest BCUT2D eigenvalue weighted by molar-refractivity contribution is 0.178. The minimum atomic E-state index is 0.377. The predicted octanol–water partition coefficient (Wildman–Crippen LogP) is 1.99. The molecule has 0 bridgehead atoms. The van der Waals surface area contributed by atoms with Crippen LogP contribution in [0, 0.1) is 0 Å². The molecule has 20 heavy (non-hydrogen) atoms. The summed E-state index contributed by atoms with van der Waals surface area (Å²) in [5.74, 6) is 8.65. The zero-order valence-electron chi connectivity index (χ0n) is 12.1. The Hall–Kier alpha value is -1.05. The quantitative estimate of drug-likeness (QED) is 0.524. The summed E-state index contributed by atoms with van der Waals surface area (Å²) < 4.78 is 5.09. The molecule has 0 saturated heterocycles. The number of ether oxygens (including phenoxy) is 1. The molecule has 0 aliphatic heterocycles. The maximum Gasteiger partial charge on any atom is 0.158 e. The molecule has 1 fully saturated rings. The van der Waals surface area contributed by atoms with E-state index in [0.29, 0.717) is 29.5 Å². The molecule has 0 spiro atoms. The van der Waals surface area contributed by atoms with Gasteiger partial charge in [0.15, 0.2) is 5.82 Å². The summed E-state index contributed by atoms with van der Waals surface area (Å²) in [6.45, 7) is 2.58. The van der Waals surface area contributed by atoms with Crippen LogP contribution >= 0.6 is 11.8 Å². The van der Waals surface area contributed by atoms with Crippen LogP contribution in [-0.4, -0.2) is 34.1 Å². The zero-order chi connectivity index (χ0) is 14.4. The molecule has 2 atom stereocenters. The molecule has 2 unspecified atom stereocenters. The monoisotopic (exact) mass is 297 g/mol. The van der Waals surface area contributed by atoms with Crippen LogP contribution in [0.15, 0.2) is 6.07 Å². The molecular formula is C13H23N5OS. The smallest absolute Gasteiger partial charge is 0.158 e. The third-order valence-corrected chi connectivity index (χ3v) is 4.69. The number of nitrogens with zero attached hydrogens (tertiary/aromatic N) is 2. The molecule has 0 aromatic carbocycles. The van der Waals surface area contributed by atoms with Crippen molar-refractivity contribution in [1.82, 2.24) is 9.97 Å². The average molecular weight is 297 g/mol. The number of hydrogen-bond donors (Lipinski definition) is 3. The number of hydrogen-bond acceptors (Lipinski definition) is 7. The first-order chi connectivity index (χ1) is 9.76. The maximum absolute atomic E-state index is 5.45. The van der Waals surface area contributed by atoms with Gasteiger partial charge in [0, 0.05) is 24.5 Å². The van der Waals surface area contributed by atoms with Crippen LogP contribution < -0.4 is 16.6 Å². The van der Waals surface area contributed by atoms with E-state index in [1.54, 1.807) is 7.11 Å². The molecule has 7 heteroatoms. The van der Waals surface area contributed by atoms with Crippen molar-refractivity contribution in [2.45, 2.75) is 44.1 Å². The Labute approximate surface area is 124 Å². The molecular weight excluding hydrogens is 274 g/mol. The number of thioether (sulfide) groups is 1. The van der Waals surface area contributed by atoms with Crippen molar-refractivity contribution in [2.75, 3.05) is 23.6 Å². The third kappa shape index (κ3) is 3.97. The highest BCUT2D eigenvalue weighted by molar-refractivity contribution is 7.99. The summed E-state index contributed by atoms with van der Waals surface area (Å²) in [5, 5.41) is 4.19. The van der Waals surface area contributed by atoms with Gasteiger partial charge in [-0.3, -0.25) is 0 Å². The average Bonchev–Trinajstić information content (AvgIpc) is 2.86. The standard InChI is InChI=1S/C13H23N5OS/c1-3-20-10-6-4-5-9(10)15-11-7-12(18-14)17-13(16-11)8-19-2/h7,9-10H,3-6,8,14H2,1-2H3,(H2,15,16,17,18). The Morgan fingerprint density at radius 2 is 2.20 bits per heavy atom. The Balaban J connectivity index is 2.09. The van der Waals surface area contributed by atoms with Gasteiger partial charge in [-0.05, 0) is 18.6 Å². The number of rotatable bonds is 7.